The van der Waals surface area contributed by atoms with Gasteiger partial charge in [-0.05, 0) is 38.7 Å². The van der Waals surface area contributed by atoms with Crippen molar-refractivity contribution < 1.29 is 22.4 Å². The summed E-state index contributed by atoms with van der Waals surface area (Å²) in [6.45, 7) is 5.57. The average molecular weight is 421 g/mol. The number of fused-ring (bicyclic) bond motifs is 1. The predicted octanol–water partition coefficient (Wildman–Crippen LogP) is 4.28. The number of hydrogen-bond acceptors (Lipinski definition) is 5. The van der Waals surface area contributed by atoms with Gasteiger partial charge in [0.05, 0.1) is 17.4 Å². The lowest BCUT2D eigenvalue weighted by Gasteiger charge is -2.34. The molecule has 10 heteroatoms. The van der Waals surface area contributed by atoms with Crippen LogP contribution in [0.15, 0.2) is 16.5 Å². The average Bonchev–Trinajstić information content (AvgIpc) is 3.28. The number of aromatic nitrogens is 4. The third-order valence-corrected chi connectivity index (χ3v) is 5.35. The molecular formula is C20H22F3N5O2. The van der Waals surface area contributed by atoms with Gasteiger partial charge in [0.15, 0.2) is 11.5 Å². The van der Waals surface area contributed by atoms with Crippen LogP contribution in [0.25, 0.3) is 5.65 Å². The molecule has 0 spiro atoms. The van der Waals surface area contributed by atoms with Crippen LogP contribution in [0.1, 0.15) is 71.4 Å². The molecule has 0 radical (unpaired) electrons. The second-order valence-corrected chi connectivity index (χ2v) is 7.48. The summed E-state index contributed by atoms with van der Waals surface area (Å²) < 4.78 is 47.1. The molecule has 3 aromatic heterocycles. The summed E-state index contributed by atoms with van der Waals surface area (Å²) in [5.41, 5.74) is 0.478. The maximum absolute atomic E-state index is 13.6. The molecule has 1 aliphatic rings. The smallest absolute Gasteiger partial charge is 0.433 e. The van der Waals surface area contributed by atoms with Crippen molar-refractivity contribution in [2.24, 2.45) is 0 Å². The number of halogens is 3. The van der Waals surface area contributed by atoms with Crippen molar-refractivity contribution in [3.8, 4) is 0 Å². The second kappa shape index (κ2) is 7.41. The van der Waals surface area contributed by atoms with Crippen LogP contribution in [0, 0.1) is 13.8 Å². The summed E-state index contributed by atoms with van der Waals surface area (Å²) >= 11 is 0. The first-order valence-electron chi connectivity index (χ1n) is 9.90. The van der Waals surface area contributed by atoms with Crippen LogP contribution < -0.4 is 0 Å². The Morgan fingerprint density at radius 2 is 2.00 bits per heavy atom. The Morgan fingerprint density at radius 3 is 2.63 bits per heavy atom. The van der Waals surface area contributed by atoms with Gasteiger partial charge in [0.25, 0.3) is 5.91 Å². The van der Waals surface area contributed by atoms with Crippen LogP contribution in [0.2, 0.25) is 0 Å². The van der Waals surface area contributed by atoms with Crippen LogP contribution in [0.5, 0.6) is 0 Å². The number of alkyl halides is 3. The van der Waals surface area contributed by atoms with Gasteiger partial charge < -0.3 is 9.32 Å². The van der Waals surface area contributed by atoms with Gasteiger partial charge >= 0.3 is 6.18 Å². The van der Waals surface area contributed by atoms with Crippen molar-refractivity contribution >= 4 is 11.6 Å². The first-order valence-corrected chi connectivity index (χ1v) is 9.90. The Bertz CT molecular complexity index is 1100. The minimum absolute atomic E-state index is 0.126. The summed E-state index contributed by atoms with van der Waals surface area (Å²) in [7, 11) is 0. The molecule has 4 heterocycles. The van der Waals surface area contributed by atoms with E-state index < -0.39 is 17.9 Å². The lowest BCUT2D eigenvalue weighted by molar-refractivity contribution is -0.142. The molecule has 1 saturated heterocycles. The van der Waals surface area contributed by atoms with E-state index in [9.17, 15) is 18.0 Å². The number of nitrogens with zero attached hydrogens (tertiary/aromatic N) is 5. The molecule has 7 nitrogen and oxygen atoms in total. The number of rotatable bonds is 3. The van der Waals surface area contributed by atoms with Crippen LogP contribution in [-0.2, 0) is 12.6 Å². The van der Waals surface area contributed by atoms with Gasteiger partial charge in [0.1, 0.15) is 5.69 Å². The molecule has 160 valence electrons. The van der Waals surface area contributed by atoms with E-state index >= 15 is 0 Å². The summed E-state index contributed by atoms with van der Waals surface area (Å²) in [5, 5.41) is 4.23. The molecule has 1 atom stereocenters. The van der Waals surface area contributed by atoms with Crippen molar-refractivity contribution in [1.29, 1.82) is 0 Å². The molecular weight excluding hydrogens is 399 g/mol. The first kappa shape index (κ1) is 20.4. The topological polar surface area (TPSA) is 76.5 Å². The first-order chi connectivity index (χ1) is 14.2. The van der Waals surface area contributed by atoms with E-state index in [2.05, 4.69) is 15.1 Å². The van der Waals surface area contributed by atoms with Gasteiger partial charge in [0, 0.05) is 25.2 Å². The Balaban J connectivity index is 1.77. The molecule has 30 heavy (non-hydrogen) atoms. The molecule has 0 saturated carbocycles. The second-order valence-electron chi connectivity index (χ2n) is 7.48. The molecule has 1 aliphatic heterocycles. The standard InChI is InChI=1S/C20H22F3N5O2/c1-4-13-9-16(20(21,22)23)28-17(25-13)10-14(26-28)15-7-5-6-8-27(15)19(29)18-11(2)24-12(3)30-18/h9-10,15H,4-8H2,1-3H3/t15-/m1/s1. The highest BCUT2D eigenvalue weighted by Gasteiger charge is 2.37. The van der Waals surface area contributed by atoms with Crippen molar-refractivity contribution in [1.82, 2.24) is 24.5 Å². The van der Waals surface area contributed by atoms with Gasteiger partial charge in [-0.15, -0.1) is 0 Å². The minimum atomic E-state index is -4.56. The van der Waals surface area contributed by atoms with E-state index in [1.54, 1.807) is 31.7 Å². The third kappa shape index (κ3) is 3.54. The molecule has 4 rings (SSSR count). The molecule has 0 N–H and O–H groups in total. The number of hydrogen-bond donors (Lipinski definition) is 0. The van der Waals surface area contributed by atoms with Gasteiger partial charge in [-0.2, -0.15) is 18.3 Å². The molecule has 1 amide bonds. The fourth-order valence-electron chi connectivity index (χ4n) is 3.93. The molecule has 0 aliphatic carbocycles. The molecule has 0 unspecified atom stereocenters. The fraction of sp³-hybridized carbons (Fsp3) is 0.500. The third-order valence-electron chi connectivity index (χ3n) is 5.35. The number of likely N-dealkylation sites (tertiary alicyclic amines) is 1. The molecule has 3 aromatic rings. The minimum Gasteiger partial charge on any atom is -0.436 e. The zero-order valence-electron chi connectivity index (χ0n) is 17.0. The maximum atomic E-state index is 13.6. The van der Waals surface area contributed by atoms with Gasteiger partial charge in [0.2, 0.25) is 5.76 Å². The summed E-state index contributed by atoms with van der Waals surface area (Å²) in [6.07, 6.45) is -1.95. The highest BCUT2D eigenvalue weighted by molar-refractivity contribution is 5.92. The van der Waals surface area contributed by atoms with Gasteiger partial charge in [-0.3, -0.25) is 4.79 Å². The van der Waals surface area contributed by atoms with Gasteiger partial charge in [-0.1, -0.05) is 6.92 Å². The van der Waals surface area contributed by atoms with Crippen LogP contribution in [0.3, 0.4) is 0 Å². The molecule has 0 aromatic carbocycles. The Morgan fingerprint density at radius 1 is 1.23 bits per heavy atom. The molecule has 1 fully saturated rings. The Kier molecular flexibility index (Phi) is 5.03. The van der Waals surface area contributed by atoms with E-state index in [0.29, 0.717) is 42.4 Å². The van der Waals surface area contributed by atoms with Gasteiger partial charge in [-0.25, -0.2) is 14.5 Å². The predicted molar refractivity (Wildman–Crippen MR) is 101 cm³/mol. The number of carbonyl (C=O) groups is 1. The van der Waals surface area contributed by atoms with Crippen molar-refractivity contribution in [3.05, 3.63) is 46.6 Å². The van der Waals surface area contributed by atoms with E-state index in [1.165, 1.54) is 0 Å². The molecule has 0 bridgehead atoms. The largest absolute Gasteiger partial charge is 0.436 e. The number of carbonyl (C=O) groups excluding carboxylic acids is 1. The SMILES string of the molecule is CCc1cc(C(F)(F)F)n2nc([C@H]3CCCCN3C(=O)c3oc(C)nc3C)cc2n1. The van der Waals surface area contributed by atoms with E-state index in [4.69, 9.17) is 4.42 Å². The van der Waals surface area contributed by atoms with Crippen LogP contribution >= 0.6 is 0 Å². The van der Waals surface area contributed by atoms with Crippen LogP contribution in [-0.4, -0.2) is 36.9 Å². The quantitative estimate of drug-likeness (QED) is 0.631. The highest BCUT2D eigenvalue weighted by atomic mass is 19.4. The van der Waals surface area contributed by atoms with Crippen LogP contribution in [0.4, 0.5) is 13.2 Å². The van der Waals surface area contributed by atoms with Crippen molar-refractivity contribution in [2.45, 2.75) is 58.7 Å². The van der Waals surface area contributed by atoms with E-state index in [1.807, 2.05) is 0 Å². The van der Waals surface area contributed by atoms with Crippen molar-refractivity contribution in [2.75, 3.05) is 6.54 Å². The van der Waals surface area contributed by atoms with E-state index in [-0.39, 0.29) is 17.3 Å². The fourth-order valence-corrected chi connectivity index (χ4v) is 3.93. The Hall–Kier alpha value is -2.91. The Labute approximate surface area is 170 Å². The lowest BCUT2D eigenvalue weighted by Crippen LogP contribution is -2.38. The summed E-state index contributed by atoms with van der Waals surface area (Å²) in [6, 6.07) is 2.11. The monoisotopic (exact) mass is 421 g/mol. The lowest BCUT2D eigenvalue weighted by atomic mass is 9.99. The number of piperidine rings is 1. The zero-order valence-corrected chi connectivity index (χ0v) is 17.0. The van der Waals surface area contributed by atoms with Crippen molar-refractivity contribution in [3.63, 3.8) is 0 Å². The number of oxazole rings is 1. The highest BCUT2D eigenvalue weighted by Crippen LogP contribution is 2.35. The number of amides is 1. The zero-order chi connectivity index (χ0) is 21.6. The number of aryl methyl sites for hydroxylation is 3. The van der Waals surface area contributed by atoms with E-state index in [0.717, 1.165) is 23.4 Å². The normalized spacial score (nSPS) is 17.7. The summed E-state index contributed by atoms with van der Waals surface area (Å²) in [5.74, 6) is 0.224. The maximum Gasteiger partial charge on any atom is 0.433 e. The summed E-state index contributed by atoms with van der Waals surface area (Å²) in [4.78, 5) is 23.2.